The standard InChI is InChI=1S/C8H16.CHN/c1-8(2)6-4-3-5-7-8;1-2/h3-7H2,1-2H3;1H. The predicted octanol–water partition coefficient (Wildman–Crippen LogP) is 3.12. The van der Waals surface area contributed by atoms with Crippen LogP contribution in [0.5, 0.6) is 0 Å². The van der Waals surface area contributed by atoms with Crippen molar-refractivity contribution in [1.29, 1.82) is 5.26 Å². The Morgan fingerprint density at radius 1 is 1.00 bits per heavy atom. The largest absolute Gasteiger partial charge is 0.202 e. The van der Waals surface area contributed by atoms with Gasteiger partial charge >= 0.3 is 0 Å². The van der Waals surface area contributed by atoms with Crippen molar-refractivity contribution in [2.45, 2.75) is 46.0 Å². The zero-order valence-electron chi connectivity index (χ0n) is 7.06. The molecule has 1 aliphatic carbocycles. The molecule has 0 radical (unpaired) electrons. The molecule has 0 aromatic heterocycles. The van der Waals surface area contributed by atoms with E-state index in [9.17, 15) is 0 Å². The molecular formula is C9H17N. The molecule has 0 heterocycles. The second kappa shape index (κ2) is 4.33. The lowest BCUT2D eigenvalue weighted by Gasteiger charge is -2.28. The van der Waals surface area contributed by atoms with Crippen molar-refractivity contribution in [3.8, 4) is 6.57 Å². The molecule has 0 unspecified atom stereocenters. The van der Waals surface area contributed by atoms with Gasteiger partial charge in [0.2, 0.25) is 0 Å². The van der Waals surface area contributed by atoms with E-state index >= 15 is 0 Å². The monoisotopic (exact) mass is 139 g/mol. The summed E-state index contributed by atoms with van der Waals surface area (Å²) in [5.41, 5.74) is 0.679. The fraction of sp³-hybridized carbons (Fsp3) is 0.889. The van der Waals surface area contributed by atoms with Gasteiger partial charge in [-0.2, -0.15) is 0 Å². The van der Waals surface area contributed by atoms with Gasteiger partial charge in [-0.3, -0.25) is 0 Å². The Kier molecular flexibility index (Phi) is 4.11. The summed E-state index contributed by atoms with van der Waals surface area (Å²) in [6.07, 6.45) is 7.31. The van der Waals surface area contributed by atoms with Gasteiger partial charge in [0, 0.05) is 6.57 Å². The second-order valence-corrected chi connectivity index (χ2v) is 3.72. The van der Waals surface area contributed by atoms with Crippen LogP contribution in [0.15, 0.2) is 0 Å². The molecule has 1 rings (SSSR count). The van der Waals surface area contributed by atoms with Crippen molar-refractivity contribution < 1.29 is 0 Å². The summed E-state index contributed by atoms with van der Waals surface area (Å²) < 4.78 is 0. The van der Waals surface area contributed by atoms with E-state index in [2.05, 4.69) is 20.4 Å². The third kappa shape index (κ3) is 3.50. The lowest BCUT2D eigenvalue weighted by atomic mass is 9.78. The van der Waals surface area contributed by atoms with Crippen LogP contribution in [0.3, 0.4) is 0 Å². The minimum atomic E-state index is 0.679. The highest BCUT2D eigenvalue weighted by Gasteiger charge is 2.19. The van der Waals surface area contributed by atoms with E-state index in [-0.39, 0.29) is 0 Å². The van der Waals surface area contributed by atoms with Crippen LogP contribution in [-0.2, 0) is 0 Å². The molecule has 0 aliphatic heterocycles. The highest BCUT2D eigenvalue weighted by Crippen LogP contribution is 2.34. The topological polar surface area (TPSA) is 23.8 Å². The zero-order valence-corrected chi connectivity index (χ0v) is 7.06. The first-order chi connectivity index (χ1) is 4.71. The maximum Gasteiger partial charge on any atom is 0.0462 e. The molecule has 58 valence electrons. The van der Waals surface area contributed by atoms with Crippen molar-refractivity contribution in [1.82, 2.24) is 0 Å². The summed E-state index contributed by atoms with van der Waals surface area (Å²) in [5.74, 6) is 0. The van der Waals surface area contributed by atoms with Crippen LogP contribution in [0, 0.1) is 17.2 Å². The average molecular weight is 139 g/mol. The van der Waals surface area contributed by atoms with Crippen LogP contribution in [0.25, 0.3) is 0 Å². The number of hydrogen-bond acceptors (Lipinski definition) is 1. The van der Waals surface area contributed by atoms with Gasteiger partial charge in [0.1, 0.15) is 0 Å². The van der Waals surface area contributed by atoms with Crippen molar-refractivity contribution in [2.75, 3.05) is 0 Å². The van der Waals surface area contributed by atoms with Gasteiger partial charge < -0.3 is 0 Å². The summed E-state index contributed by atoms with van der Waals surface area (Å²) >= 11 is 0. The molecule has 0 amide bonds. The van der Waals surface area contributed by atoms with E-state index in [4.69, 9.17) is 5.26 Å². The second-order valence-electron chi connectivity index (χ2n) is 3.72. The Balaban J connectivity index is 0.000000371. The Hall–Kier alpha value is -0.510. The molecule has 0 saturated heterocycles. The maximum atomic E-state index is 6.50. The SMILES string of the molecule is C#N.CC1(C)CCCCC1. The van der Waals surface area contributed by atoms with Crippen molar-refractivity contribution in [3.63, 3.8) is 0 Å². The lowest BCUT2D eigenvalue weighted by Crippen LogP contribution is -2.14. The third-order valence-electron chi connectivity index (χ3n) is 2.21. The molecule has 0 bridgehead atoms. The molecule has 1 aliphatic rings. The first kappa shape index (κ1) is 9.49. The summed E-state index contributed by atoms with van der Waals surface area (Å²) in [4.78, 5) is 0. The molecule has 0 aromatic carbocycles. The molecule has 10 heavy (non-hydrogen) atoms. The molecule has 1 fully saturated rings. The molecule has 0 spiro atoms. The number of nitriles is 1. The van der Waals surface area contributed by atoms with Crippen molar-refractivity contribution in [3.05, 3.63) is 0 Å². The summed E-state index contributed by atoms with van der Waals surface area (Å²) in [7, 11) is 0. The van der Waals surface area contributed by atoms with Crippen LogP contribution in [-0.4, -0.2) is 0 Å². The summed E-state index contributed by atoms with van der Waals surface area (Å²) in [6.45, 7) is 8.26. The quantitative estimate of drug-likeness (QED) is 0.506. The summed E-state index contributed by atoms with van der Waals surface area (Å²) in [5, 5.41) is 6.50. The van der Waals surface area contributed by atoms with Crippen LogP contribution in [0.4, 0.5) is 0 Å². The maximum absolute atomic E-state index is 6.50. The Morgan fingerprint density at radius 3 is 1.60 bits per heavy atom. The van der Waals surface area contributed by atoms with E-state index in [1.54, 1.807) is 0 Å². The number of hydrogen-bond donors (Lipinski definition) is 0. The van der Waals surface area contributed by atoms with E-state index in [0.717, 1.165) is 0 Å². The van der Waals surface area contributed by atoms with Crippen LogP contribution >= 0.6 is 0 Å². The van der Waals surface area contributed by atoms with Gasteiger partial charge in [-0.15, -0.1) is 0 Å². The van der Waals surface area contributed by atoms with Crippen LogP contribution in [0.2, 0.25) is 0 Å². The van der Waals surface area contributed by atoms with E-state index in [0.29, 0.717) is 5.41 Å². The number of nitrogens with zero attached hydrogens (tertiary/aromatic N) is 1. The highest BCUT2D eigenvalue weighted by molar-refractivity contribution is 4.72. The first-order valence-electron chi connectivity index (χ1n) is 3.97. The smallest absolute Gasteiger partial charge is 0.0462 e. The van der Waals surface area contributed by atoms with Gasteiger partial charge in [-0.1, -0.05) is 33.1 Å². The van der Waals surface area contributed by atoms with E-state index in [1.807, 2.05) is 0 Å². The minimum Gasteiger partial charge on any atom is -0.202 e. The van der Waals surface area contributed by atoms with Gasteiger partial charge in [0.25, 0.3) is 0 Å². The first-order valence-corrected chi connectivity index (χ1v) is 3.97. The Labute approximate surface area is 64.1 Å². The molecule has 0 aromatic rings. The van der Waals surface area contributed by atoms with Gasteiger partial charge in [-0.25, -0.2) is 5.26 Å². The minimum absolute atomic E-state index is 0.679. The molecular weight excluding hydrogens is 122 g/mol. The fourth-order valence-electron chi connectivity index (χ4n) is 1.51. The van der Waals surface area contributed by atoms with E-state index in [1.165, 1.54) is 32.1 Å². The zero-order chi connectivity index (χ0) is 8.04. The van der Waals surface area contributed by atoms with Crippen LogP contribution in [0.1, 0.15) is 46.0 Å². The molecule has 1 nitrogen and oxygen atoms in total. The molecule has 0 atom stereocenters. The lowest BCUT2D eigenvalue weighted by molar-refractivity contribution is 0.244. The number of rotatable bonds is 0. The van der Waals surface area contributed by atoms with Gasteiger partial charge in [0.05, 0.1) is 0 Å². The highest BCUT2D eigenvalue weighted by atomic mass is 14.3. The average Bonchev–Trinajstić information content (AvgIpc) is 1.92. The van der Waals surface area contributed by atoms with Gasteiger partial charge in [-0.05, 0) is 18.3 Å². The molecule has 0 N–H and O–H groups in total. The normalized spacial score (nSPS) is 22.4. The van der Waals surface area contributed by atoms with Crippen molar-refractivity contribution >= 4 is 0 Å². The molecule has 1 saturated carbocycles. The molecule has 1 heteroatoms. The van der Waals surface area contributed by atoms with Crippen LogP contribution < -0.4 is 0 Å². The third-order valence-corrected chi connectivity index (χ3v) is 2.21. The fourth-order valence-corrected chi connectivity index (χ4v) is 1.51. The van der Waals surface area contributed by atoms with Crippen molar-refractivity contribution in [2.24, 2.45) is 5.41 Å². The van der Waals surface area contributed by atoms with E-state index < -0.39 is 0 Å². The Morgan fingerprint density at radius 2 is 1.40 bits per heavy atom. The summed E-state index contributed by atoms with van der Waals surface area (Å²) in [6, 6.07) is 0. The Bertz CT molecular complexity index is 94.5. The van der Waals surface area contributed by atoms with Gasteiger partial charge in [0.15, 0.2) is 0 Å². The predicted molar refractivity (Wildman–Crippen MR) is 43.5 cm³/mol.